The number of benzene rings is 1. The highest BCUT2D eigenvalue weighted by Crippen LogP contribution is 2.18. The maximum atomic E-state index is 11.9. The fraction of sp³-hybridized carbons (Fsp3) is 0.333. The molecule has 0 bridgehead atoms. The molecule has 4 N–H and O–H groups in total. The van der Waals surface area contributed by atoms with Crippen molar-refractivity contribution in [2.24, 2.45) is 11.5 Å². The number of ether oxygens (including phenoxy) is 1. The maximum absolute atomic E-state index is 11.9. The van der Waals surface area contributed by atoms with E-state index in [1.807, 2.05) is 0 Å². The minimum Gasteiger partial charge on any atom is -0.435 e. The smallest absolute Gasteiger partial charge is 0.387 e. The third-order valence-electron chi connectivity index (χ3n) is 1.77. The van der Waals surface area contributed by atoms with Gasteiger partial charge in [0.2, 0.25) is 0 Å². The van der Waals surface area contributed by atoms with Crippen LogP contribution in [-0.4, -0.2) is 13.2 Å². The molecule has 0 spiro atoms. The summed E-state index contributed by atoms with van der Waals surface area (Å²) in [7, 11) is 0. The maximum Gasteiger partial charge on any atom is 0.387 e. The molecule has 0 aromatic heterocycles. The normalized spacial score (nSPS) is 12.9. The van der Waals surface area contributed by atoms with Crippen LogP contribution in [0.2, 0.25) is 0 Å². The molecule has 1 aromatic carbocycles. The monoisotopic (exact) mass is 202 g/mol. The molecule has 0 heterocycles. The van der Waals surface area contributed by atoms with E-state index >= 15 is 0 Å². The Morgan fingerprint density at radius 3 is 2.64 bits per heavy atom. The van der Waals surface area contributed by atoms with Crippen LogP contribution in [0.1, 0.15) is 11.6 Å². The SMILES string of the molecule is NC[C@@H](N)c1cccc(OC(F)F)c1. The second-order valence-electron chi connectivity index (χ2n) is 2.79. The summed E-state index contributed by atoms with van der Waals surface area (Å²) in [6, 6.07) is 5.87. The van der Waals surface area contributed by atoms with E-state index < -0.39 is 6.61 Å². The standard InChI is InChI=1S/C9H12F2N2O/c10-9(11)14-7-3-1-2-6(4-7)8(13)5-12/h1-4,8-9H,5,12-13H2/t8-/m1/s1. The lowest BCUT2D eigenvalue weighted by atomic mass is 10.1. The molecule has 0 fully saturated rings. The second kappa shape index (κ2) is 4.88. The molecule has 0 aliphatic carbocycles. The van der Waals surface area contributed by atoms with Gasteiger partial charge in [0, 0.05) is 12.6 Å². The van der Waals surface area contributed by atoms with Crippen molar-refractivity contribution < 1.29 is 13.5 Å². The summed E-state index contributed by atoms with van der Waals surface area (Å²) in [6.07, 6.45) is 0. The average molecular weight is 202 g/mol. The van der Waals surface area contributed by atoms with E-state index in [9.17, 15) is 8.78 Å². The molecular weight excluding hydrogens is 190 g/mol. The summed E-state index contributed by atoms with van der Waals surface area (Å²) in [5, 5.41) is 0. The fourth-order valence-corrected chi connectivity index (χ4v) is 1.06. The number of rotatable bonds is 4. The molecule has 0 saturated carbocycles. The van der Waals surface area contributed by atoms with Crippen molar-refractivity contribution in [3.63, 3.8) is 0 Å². The van der Waals surface area contributed by atoms with E-state index in [-0.39, 0.29) is 18.3 Å². The van der Waals surface area contributed by atoms with Gasteiger partial charge in [0.05, 0.1) is 0 Å². The Balaban J connectivity index is 2.78. The van der Waals surface area contributed by atoms with Gasteiger partial charge in [0.25, 0.3) is 0 Å². The first-order valence-electron chi connectivity index (χ1n) is 4.14. The average Bonchev–Trinajstić information content (AvgIpc) is 2.16. The summed E-state index contributed by atoms with van der Waals surface area (Å²) in [6.45, 7) is -2.56. The number of halogens is 2. The zero-order valence-electron chi connectivity index (χ0n) is 7.49. The van der Waals surface area contributed by atoms with Crippen molar-refractivity contribution >= 4 is 0 Å². The molecule has 0 aliphatic rings. The highest BCUT2D eigenvalue weighted by atomic mass is 19.3. The van der Waals surface area contributed by atoms with E-state index in [0.29, 0.717) is 5.56 Å². The first-order chi connectivity index (χ1) is 6.63. The van der Waals surface area contributed by atoms with Gasteiger partial charge in [-0.2, -0.15) is 8.78 Å². The first kappa shape index (κ1) is 10.9. The van der Waals surface area contributed by atoms with Crippen LogP contribution < -0.4 is 16.2 Å². The minimum atomic E-state index is -2.82. The molecule has 1 rings (SSSR count). The molecule has 5 heteroatoms. The van der Waals surface area contributed by atoms with E-state index in [2.05, 4.69) is 4.74 Å². The number of hydrogen-bond acceptors (Lipinski definition) is 3. The predicted octanol–water partition coefficient (Wildman–Crippen LogP) is 1.25. The summed E-state index contributed by atoms with van der Waals surface area (Å²) in [5.41, 5.74) is 11.7. The Morgan fingerprint density at radius 2 is 2.07 bits per heavy atom. The Kier molecular flexibility index (Phi) is 3.79. The first-order valence-corrected chi connectivity index (χ1v) is 4.14. The van der Waals surface area contributed by atoms with Gasteiger partial charge in [0.15, 0.2) is 0 Å². The Bertz CT molecular complexity index is 294. The molecule has 3 nitrogen and oxygen atoms in total. The van der Waals surface area contributed by atoms with Gasteiger partial charge in [-0.3, -0.25) is 0 Å². The number of nitrogens with two attached hydrogens (primary N) is 2. The molecule has 1 atom stereocenters. The van der Waals surface area contributed by atoms with Crippen molar-refractivity contribution in [3.05, 3.63) is 29.8 Å². The quantitative estimate of drug-likeness (QED) is 0.772. The van der Waals surface area contributed by atoms with Crippen LogP contribution in [-0.2, 0) is 0 Å². The summed E-state index contributed by atoms with van der Waals surface area (Å²) in [4.78, 5) is 0. The lowest BCUT2D eigenvalue weighted by Gasteiger charge is -2.11. The van der Waals surface area contributed by atoms with Gasteiger partial charge >= 0.3 is 6.61 Å². The van der Waals surface area contributed by atoms with Crippen LogP contribution in [0.15, 0.2) is 24.3 Å². The Hall–Kier alpha value is -1.20. The lowest BCUT2D eigenvalue weighted by molar-refractivity contribution is -0.0498. The summed E-state index contributed by atoms with van der Waals surface area (Å²) >= 11 is 0. The number of alkyl halides is 2. The van der Waals surface area contributed by atoms with Crippen molar-refractivity contribution in [1.82, 2.24) is 0 Å². The van der Waals surface area contributed by atoms with Crippen LogP contribution in [0.3, 0.4) is 0 Å². The molecular formula is C9H12F2N2O. The van der Waals surface area contributed by atoms with Crippen LogP contribution >= 0.6 is 0 Å². The van der Waals surface area contributed by atoms with Gasteiger partial charge in [0.1, 0.15) is 5.75 Å². The van der Waals surface area contributed by atoms with Gasteiger partial charge in [-0.25, -0.2) is 0 Å². The van der Waals surface area contributed by atoms with Crippen LogP contribution in [0.4, 0.5) is 8.78 Å². The highest BCUT2D eigenvalue weighted by Gasteiger charge is 2.07. The largest absolute Gasteiger partial charge is 0.435 e. The van der Waals surface area contributed by atoms with Crippen molar-refractivity contribution in [2.75, 3.05) is 6.54 Å². The van der Waals surface area contributed by atoms with Crippen LogP contribution in [0.5, 0.6) is 5.75 Å². The van der Waals surface area contributed by atoms with Crippen molar-refractivity contribution in [1.29, 1.82) is 0 Å². The van der Waals surface area contributed by atoms with Crippen molar-refractivity contribution in [2.45, 2.75) is 12.7 Å². The molecule has 0 aliphatic heterocycles. The Labute approximate surface area is 80.7 Å². The van der Waals surface area contributed by atoms with E-state index in [0.717, 1.165) is 0 Å². The second-order valence-corrected chi connectivity index (χ2v) is 2.79. The van der Waals surface area contributed by atoms with Crippen LogP contribution in [0, 0.1) is 0 Å². The van der Waals surface area contributed by atoms with Gasteiger partial charge < -0.3 is 16.2 Å². The molecule has 78 valence electrons. The van der Waals surface area contributed by atoms with Crippen molar-refractivity contribution in [3.8, 4) is 5.75 Å². The van der Waals surface area contributed by atoms with Gasteiger partial charge in [-0.1, -0.05) is 12.1 Å². The fourth-order valence-electron chi connectivity index (χ4n) is 1.06. The topological polar surface area (TPSA) is 61.3 Å². The minimum absolute atomic E-state index is 0.0985. The Morgan fingerprint density at radius 1 is 1.36 bits per heavy atom. The molecule has 0 radical (unpaired) electrons. The predicted molar refractivity (Wildman–Crippen MR) is 49.1 cm³/mol. The zero-order valence-corrected chi connectivity index (χ0v) is 7.49. The van der Waals surface area contributed by atoms with Gasteiger partial charge in [-0.05, 0) is 17.7 Å². The van der Waals surface area contributed by atoms with Crippen LogP contribution in [0.25, 0.3) is 0 Å². The molecule has 0 amide bonds. The summed E-state index contributed by atoms with van der Waals surface area (Å²) < 4.78 is 27.9. The van der Waals surface area contributed by atoms with E-state index in [1.54, 1.807) is 12.1 Å². The van der Waals surface area contributed by atoms with Gasteiger partial charge in [-0.15, -0.1) is 0 Å². The number of hydrogen-bond donors (Lipinski definition) is 2. The molecule has 14 heavy (non-hydrogen) atoms. The van der Waals surface area contributed by atoms with E-state index in [1.165, 1.54) is 12.1 Å². The van der Waals surface area contributed by atoms with E-state index in [4.69, 9.17) is 11.5 Å². The summed E-state index contributed by atoms with van der Waals surface area (Å²) in [5.74, 6) is 0.0985. The molecule has 0 saturated heterocycles. The highest BCUT2D eigenvalue weighted by molar-refractivity contribution is 5.30. The third-order valence-corrected chi connectivity index (χ3v) is 1.77. The lowest BCUT2D eigenvalue weighted by Crippen LogP contribution is -2.20. The third kappa shape index (κ3) is 2.93. The zero-order chi connectivity index (χ0) is 10.6. The molecule has 1 aromatic rings. The molecule has 0 unspecified atom stereocenters.